The van der Waals surface area contributed by atoms with E-state index >= 15 is 0 Å². The van der Waals surface area contributed by atoms with E-state index in [4.69, 9.17) is 0 Å². The zero-order valence-electron chi connectivity index (χ0n) is 13.9. The van der Waals surface area contributed by atoms with Gasteiger partial charge in [-0.1, -0.05) is 50.1 Å². The number of hydrogen-bond acceptors (Lipinski definition) is 2. The highest BCUT2D eigenvalue weighted by Crippen LogP contribution is 2.40. The summed E-state index contributed by atoms with van der Waals surface area (Å²) in [5.74, 6) is 1.11. The van der Waals surface area contributed by atoms with Gasteiger partial charge in [0.25, 0.3) is 0 Å². The van der Waals surface area contributed by atoms with Crippen LogP contribution in [0, 0.1) is 5.92 Å². The molecule has 2 aliphatic rings. The Morgan fingerprint density at radius 1 is 1.00 bits per heavy atom. The van der Waals surface area contributed by atoms with E-state index in [0.29, 0.717) is 11.7 Å². The summed E-state index contributed by atoms with van der Waals surface area (Å²) in [7, 11) is 0. The summed E-state index contributed by atoms with van der Waals surface area (Å²) in [5, 5.41) is 9.47. The highest BCUT2D eigenvalue weighted by Gasteiger charge is 2.23. The molecule has 0 bridgehead atoms. The van der Waals surface area contributed by atoms with Crippen molar-refractivity contribution >= 4 is 17.5 Å². The third kappa shape index (κ3) is 2.77. The number of rotatable bonds is 3. The maximum atomic E-state index is 9.47. The number of fused-ring (bicyclic) bond motifs is 1. The fourth-order valence-electron chi connectivity index (χ4n) is 3.99. The average Bonchev–Trinajstić information content (AvgIpc) is 3.05. The first kappa shape index (κ1) is 15.2. The summed E-state index contributed by atoms with van der Waals surface area (Å²) >= 11 is 0. The van der Waals surface area contributed by atoms with Crippen LogP contribution in [-0.4, -0.2) is 11.3 Å². The molecule has 1 aliphatic heterocycles. The van der Waals surface area contributed by atoms with Gasteiger partial charge in [-0.25, -0.2) is 0 Å². The molecule has 0 aromatic heterocycles. The van der Waals surface area contributed by atoms with Crippen molar-refractivity contribution in [2.45, 2.75) is 38.0 Å². The number of nitrogens with zero attached hydrogens (tertiary/aromatic N) is 1. The molecule has 1 fully saturated rings. The normalized spacial score (nSPS) is 20.1. The predicted octanol–water partition coefficient (Wildman–Crippen LogP) is 5.83. The molecule has 1 unspecified atom stereocenters. The second kappa shape index (κ2) is 6.27. The van der Waals surface area contributed by atoms with Crippen molar-refractivity contribution in [2.75, 3.05) is 0 Å². The highest BCUT2D eigenvalue weighted by atomic mass is 16.3. The molecule has 2 heteroatoms. The molecule has 24 heavy (non-hydrogen) atoms. The van der Waals surface area contributed by atoms with Crippen LogP contribution in [0.2, 0.25) is 0 Å². The quantitative estimate of drug-likeness (QED) is 0.758. The predicted molar refractivity (Wildman–Crippen MR) is 100 cm³/mol. The summed E-state index contributed by atoms with van der Waals surface area (Å²) < 4.78 is 0. The molecule has 4 rings (SSSR count). The molecule has 2 aromatic rings. The van der Waals surface area contributed by atoms with Crippen LogP contribution in [0.25, 0.3) is 5.57 Å². The van der Waals surface area contributed by atoms with Crippen molar-refractivity contribution in [1.82, 2.24) is 0 Å². The van der Waals surface area contributed by atoms with Crippen molar-refractivity contribution in [3.8, 4) is 5.75 Å². The summed E-state index contributed by atoms with van der Waals surface area (Å²) in [6, 6.07) is 14.0. The maximum Gasteiger partial charge on any atom is 0.115 e. The molecular weight excluding hydrogens is 294 g/mol. The zero-order valence-corrected chi connectivity index (χ0v) is 13.9. The Morgan fingerprint density at radius 3 is 2.50 bits per heavy atom. The van der Waals surface area contributed by atoms with Crippen molar-refractivity contribution < 1.29 is 5.11 Å². The van der Waals surface area contributed by atoms with Gasteiger partial charge in [0.2, 0.25) is 0 Å². The fourth-order valence-corrected chi connectivity index (χ4v) is 3.99. The number of phenolic OH excluding ortho intramolecular Hbond substituents is 1. The summed E-state index contributed by atoms with van der Waals surface area (Å²) in [5.41, 5.74) is 5.97. The monoisotopic (exact) mass is 317 g/mol. The number of aliphatic imine (C=N–C) groups is 1. The van der Waals surface area contributed by atoms with Gasteiger partial charge in [0, 0.05) is 12.1 Å². The lowest BCUT2D eigenvalue weighted by molar-refractivity contribution is 0.430. The van der Waals surface area contributed by atoms with Gasteiger partial charge in [-0.2, -0.15) is 0 Å². The Hall–Kier alpha value is -2.35. The SMILES string of the molecule is C=C(c1ccc2c(c1)N=CC2c1ccc(O)cc1)C1CCCCC1. The Labute approximate surface area is 143 Å². The van der Waals surface area contributed by atoms with E-state index < -0.39 is 0 Å². The van der Waals surface area contributed by atoms with Gasteiger partial charge in [-0.3, -0.25) is 4.99 Å². The first-order valence-electron chi connectivity index (χ1n) is 8.88. The van der Waals surface area contributed by atoms with E-state index in [0.717, 1.165) is 11.3 Å². The van der Waals surface area contributed by atoms with Crippen LogP contribution in [0.5, 0.6) is 5.75 Å². The molecule has 122 valence electrons. The second-order valence-corrected chi connectivity index (χ2v) is 6.98. The second-order valence-electron chi connectivity index (χ2n) is 6.98. The Balaban J connectivity index is 1.59. The third-order valence-corrected chi connectivity index (χ3v) is 5.45. The fraction of sp³-hybridized carbons (Fsp3) is 0.318. The minimum Gasteiger partial charge on any atom is -0.508 e. The molecule has 2 aromatic carbocycles. The van der Waals surface area contributed by atoms with Crippen LogP contribution in [0.4, 0.5) is 5.69 Å². The van der Waals surface area contributed by atoms with Crippen molar-refractivity contribution in [2.24, 2.45) is 10.9 Å². The van der Waals surface area contributed by atoms with Crippen LogP contribution in [0.3, 0.4) is 0 Å². The molecule has 2 nitrogen and oxygen atoms in total. The van der Waals surface area contributed by atoms with E-state index in [1.54, 1.807) is 12.1 Å². The van der Waals surface area contributed by atoms with E-state index in [1.807, 2.05) is 18.3 Å². The third-order valence-electron chi connectivity index (χ3n) is 5.45. The standard InChI is InChI=1S/C22H23NO/c1-15(16-5-3-2-4-6-16)18-9-12-20-21(14-23-22(20)13-18)17-7-10-19(24)11-8-17/h7-14,16,21,24H,1-6H2. The summed E-state index contributed by atoms with van der Waals surface area (Å²) in [4.78, 5) is 4.64. The van der Waals surface area contributed by atoms with Crippen LogP contribution >= 0.6 is 0 Å². The largest absolute Gasteiger partial charge is 0.508 e. The summed E-state index contributed by atoms with van der Waals surface area (Å²) in [6.07, 6.45) is 8.58. The lowest BCUT2D eigenvalue weighted by Crippen LogP contribution is -2.08. The molecule has 0 saturated heterocycles. The molecule has 1 heterocycles. The molecule has 1 atom stereocenters. The lowest BCUT2D eigenvalue weighted by Gasteiger charge is -2.24. The van der Waals surface area contributed by atoms with Gasteiger partial charge in [0.1, 0.15) is 5.75 Å². The number of benzene rings is 2. The number of hydrogen-bond donors (Lipinski definition) is 1. The number of allylic oxidation sites excluding steroid dienone is 1. The minimum atomic E-state index is 0.178. The number of aromatic hydroxyl groups is 1. The Bertz CT molecular complexity index is 782. The van der Waals surface area contributed by atoms with Gasteiger partial charge >= 0.3 is 0 Å². The van der Waals surface area contributed by atoms with Crippen LogP contribution in [0.1, 0.15) is 54.7 Å². The molecular formula is C22H23NO. The maximum absolute atomic E-state index is 9.47. The smallest absolute Gasteiger partial charge is 0.115 e. The van der Waals surface area contributed by atoms with Gasteiger partial charge < -0.3 is 5.11 Å². The first-order chi connectivity index (χ1) is 11.7. The zero-order chi connectivity index (χ0) is 16.5. The van der Waals surface area contributed by atoms with E-state index in [1.165, 1.54) is 48.8 Å². The van der Waals surface area contributed by atoms with Crippen molar-refractivity contribution in [1.29, 1.82) is 0 Å². The molecule has 1 aliphatic carbocycles. The average molecular weight is 317 g/mol. The van der Waals surface area contributed by atoms with Crippen LogP contribution in [0.15, 0.2) is 54.0 Å². The van der Waals surface area contributed by atoms with Crippen LogP contribution < -0.4 is 0 Å². The van der Waals surface area contributed by atoms with E-state index in [-0.39, 0.29) is 5.92 Å². The molecule has 1 saturated carbocycles. The Morgan fingerprint density at radius 2 is 1.75 bits per heavy atom. The topological polar surface area (TPSA) is 32.6 Å². The van der Waals surface area contributed by atoms with Gasteiger partial charge in [-0.15, -0.1) is 0 Å². The number of phenols is 1. The molecule has 0 radical (unpaired) electrons. The van der Waals surface area contributed by atoms with Gasteiger partial charge in [0.05, 0.1) is 5.69 Å². The first-order valence-corrected chi connectivity index (χ1v) is 8.88. The summed E-state index contributed by atoms with van der Waals surface area (Å²) in [6.45, 7) is 4.38. The van der Waals surface area contributed by atoms with Crippen molar-refractivity contribution in [3.05, 3.63) is 65.7 Å². The highest BCUT2D eigenvalue weighted by molar-refractivity contribution is 5.85. The van der Waals surface area contributed by atoms with Gasteiger partial charge in [0.15, 0.2) is 0 Å². The minimum absolute atomic E-state index is 0.178. The lowest BCUT2D eigenvalue weighted by atomic mass is 9.81. The van der Waals surface area contributed by atoms with E-state index in [9.17, 15) is 5.11 Å². The van der Waals surface area contributed by atoms with Crippen LogP contribution in [-0.2, 0) is 0 Å². The van der Waals surface area contributed by atoms with Gasteiger partial charge in [-0.05, 0) is 59.2 Å². The molecule has 1 N–H and O–H groups in total. The molecule has 0 amide bonds. The molecule has 0 spiro atoms. The van der Waals surface area contributed by atoms with E-state index in [2.05, 4.69) is 29.8 Å². The van der Waals surface area contributed by atoms with Crippen molar-refractivity contribution in [3.63, 3.8) is 0 Å². The Kier molecular flexibility index (Phi) is 3.97.